The first-order chi connectivity index (χ1) is 6.93. The largest absolute Gasteiger partial charge is 0.212 e. The Bertz CT molecular complexity index is 252. The topological polar surface area (TPSA) is 46.2 Å². The van der Waals surface area contributed by atoms with E-state index in [1.165, 1.54) is 0 Å². The van der Waals surface area contributed by atoms with E-state index in [2.05, 4.69) is 4.72 Å². The summed E-state index contributed by atoms with van der Waals surface area (Å²) < 4.78 is 26.0. The van der Waals surface area contributed by atoms with Gasteiger partial charge in [-0.05, 0) is 25.2 Å². The van der Waals surface area contributed by atoms with Crippen LogP contribution >= 0.6 is 11.6 Å². The number of nitrogens with one attached hydrogen (secondary N) is 1. The van der Waals surface area contributed by atoms with Gasteiger partial charge in [0.2, 0.25) is 10.0 Å². The van der Waals surface area contributed by atoms with Crippen molar-refractivity contribution < 1.29 is 8.42 Å². The molecular formula is C10H22ClNO2S. The summed E-state index contributed by atoms with van der Waals surface area (Å²) in [5.41, 5.74) is 0. The Morgan fingerprint density at radius 1 is 1.27 bits per heavy atom. The first-order valence-corrected chi connectivity index (χ1v) is 7.67. The molecule has 0 aromatic heterocycles. The van der Waals surface area contributed by atoms with Gasteiger partial charge in [-0.1, -0.05) is 20.8 Å². The van der Waals surface area contributed by atoms with Gasteiger partial charge in [-0.2, -0.15) is 0 Å². The summed E-state index contributed by atoms with van der Waals surface area (Å²) in [6.45, 7) is 6.04. The number of sulfonamides is 1. The van der Waals surface area contributed by atoms with Gasteiger partial charge in [0.15, 0.2) is 0 Å². The van der Waals surface area contributed by atoms with Gasteiger partial charge in [-0.15, -0.1) is 11.6 Å². The summed E-state index contributed by atoms with van der Waals surface area (Å²) in [7, 11) is -3.12. The number of rotatable bonds is 8. The van der Waals surface area contributed by atoms with Gasteiger partial charge in [0.1, 0.15) is 0 Å². The Labute approximate surface area is 98.6 Å². The lowest BCUT2D eigenvalue weighted by atomic mass is 10.0. The van der Waals surface area contributed by atoms with Crippen molar-refractivity contribution in [3.8, 4) is 0 Å². The van der Waals surface area contributed by atoms with E-state index in [1.54, 1.807) is 0 Å². The highest BCUT2D eigenvalue weighted by atomic mass is 35.5. The number of hydrogen-bond acceptors (Lipinski definition) is 2. The summed E-state index contributed by atoms with van der Waals surface area (Å²) in [5, 5.41) is 0. The SMILES string of the molecule is CCC(NS(=O)(=O)CCCCCl)C(C)C. The third kappa shape index (κ3) is 7.14. The molecule has 1 atom stereocenters. The predicted octanol–water partition coefficient (Wildman–Crippen LogP) is 2.36. The van der Waals surface area contributed by atoms with Crippen LogP contribution in [0.1, 0.15) is 40.0 Å². The lowest BCUT2D eigenvalue weighted by Gasteiger charge is -2.20. The van der Waals surface area contributed by atoms with Gasteiger partial charge >= 0.3 is 0 Å². The molecule has 15 heavy (non-hydrogen) atoms. The highest BCUT2D eigenvalue weighted by Crippen LogP contribution is 2.08. The van der Waals surface area contributed by atoms with Crippen LogP contribution in [0.3, 0.4) is 0 Å². The second-order valence-electron chi connectivity index (χ2n) is 4.09. The Morgan fingerprint density at radius 3 is 2.27 bits per heavy atom. The van der Waals surface area contributed by atoms with Crippen molar-refractivity contribution in [1.29, 1.82) is 0 Å². The number of unbranched alkanes of at least 4 members (excludes halogenated alkanes) is 1. The molecule has 0 radical (unpaired) electrons. The van der Waals surface area contributed by atoms with E-state index in [4.69, 9.17) is 11.6 Å². The van der Waals surface area contributed by atoms with Crippen molar-refractivity contribution in [1.82, 2.24) is 4.72 Å². The number of halogens is 1. The fourth-order valence-corrected chi connectivity index (χ4v) is 3.16. The standard InChI is InChI=1S/C10H22ClNO2S/c1-4-10(9(2)3)12-15(13,14)8-6-5-7-11/h9-10,12H,4-8H2,1-3H3. The molecule has 92 valence electrons. The van der Waals surface area contributed by atoms with Gasteiger partial charge in [-0.25, -0.2) is 13.1 Å². The molecule has 0 amide bonds. The molecule has 0 spiro atoms. The summed E-state index contributed by atoms with van der Waals surface area (Å²) in [5.74, 6) is 1.04. The molecule has 0 aliphatic heterocycles. The van der Waals surface area contributed by atoms with Crippen LogP contribution in [-0.2, 0) is 10.0 Å². The molecule has 0 aliphatic carbocycles. The molecule has 0 bridgehead atoms. The minimum absolute atomic E-state index is 0.0472. The minimum atomic E-state index is -3.12. The van der Waals surface area contributed by atoms with Crippen molar-refractivity contribution in [3.05, 3.63) is 0 Å². The second-order valence-corrected chi connectivity index (χ2v) is 6.34. The lowest BCUT2D eigenvalue weighted by molar-refractivity contribution is 0.437. The maximum atomic E-state index is 11.6. The number of hydrogen-bond donors (Lipinski definition) is 1. The molecule has 5 heteroatoms. The van der Waals surface area contributed by atoms with Gasteiger partial charge in [-0.3, -0.25) is 0 Å². The molecule has 0 saturated heterocycles. The van der Waals surface area contributed by atoms with E-state index >= 15 is 0 Å². The third-order valence-electron chi connectivity index (χ3n) is 2.37. The first kappa shape index (κ1) is 15.2. The summed E-state index contributed by atoms with van der Waals surface area (Å²) in [4.78, 5) is 0. The Kier molecular flexibility index (Phi) is 7.57. The Hall–Kier alpha value is 0.200. The van der Waals surface area contributed by atoms with Crippen LogP contribution in [0, 0.1) is 5.92 Å². The Balaban J connectivity index is 4.11. The normalized spacial score (nSPS) is 14.5. The first-order valence-electron chi connectivity index (χ1n) is 5.49. The van der Waals surface area contributed by atoms with Gasteiger partial charge in [0.05, 0.1) is 5.75 Å². The van der Waals surface area contributed by atoms with Crippen LogP contribution < -0.4 is 4.72 Å². The van der Waals surface area contributed by atoms with Gasteiger partial charge < -0.3 is 0 Å². The molecule has 0 heterocycles. The van der Waals surface area contributed by atoms with E-state index in [1.807, 2.05) is 20.8 Å². The zero-order chi connectivity index (χ0) is 11.9. The zero-order valence-corrected chi connectivity index (χ0v) is 11.4. The summed E-state index contributed by atoms with van der Waals surface area (Å²) in [6.07, 6.45) is 2.21. The van der Waals surface area contributed by atoms with Crippen LogP contribution in [0.25, 0.3) is 0 Å². The highest BCUT2D eigenvalue weighted by Gasteiger charge is 2.18. The molecule has 1 unspecified atom stereocenters. The smallest absolute Gasteiger partial charge is 0.211 e. The van der Waals surface area contributed by atoms with E-state index in [9.17, 15) is 8.42 Å². The van der Waals surface area contributed by atoms with Crippen LogP contribution in [0.2, 0.25) is 0 Å². The van der Waals surface area contributed by atoms with E-state index < -0.39 is 10.0 Å². The maximum absolute atomic E-state index is 11.6. The van der Waals surface area contributed by atoms with Crippen molar-refractivity contribution in [3.63, 3.8) is 0 Å². The van der Waals surface area contributed by atoms with Crippen LogP contribution in [0.4, 0.5) is 0 Å². The zero-order valence-electron chi connectivity index (χ0n) is 9.79. The highest BCUT2D eigenvalue weighted by molar-refractivity contribution is 7.89. The summed E-state index contributed by atoms with van der Waals surface area (Å²) in [6, 6.07) is 0.0472. The third-order valence-corrected chi connectivity index (χ3v) is 4.13. The summed E-state index contributed by atoms with van der Waals surface area (Å²) >= 11 is 5.50. The molecule has 1 N–H and O–H groups in total. The Morgan fingerprint density at radius 2 is 1.87 bits per heavy atom. The average molecular weight is 256 g/mol. The van der Waals surface area contributed by atoms with Crippen LogP contribution in [-0.4, -0.2) is 26.1 Å². The van der Waals surface area contributed by atoms with Crippen molar-refractivity contribution >= 4 is 21.6 Å². The predicted molar refractivity (Wildman–Crippen MR) is 65.8 cm³/mol. The van der Waals surface area contributed by atoms with Crippen LogP contribution in [0.5, 0.6) is 0 Å². The molecule has 0 saturated carbocycles. The van der Waals surface area contributed by atoms with Crippen LogP contribution in [0.15, 0.2) is 0 Å². The fraction of sp³-hybridized carbons (Fsp3) is 1.00. The molecule has 0 aromatic carbocycles. The molecule has 0 fully saturated rings. The molecule has 3 nitrogen and oxygen atoms in total. The molecule has 0 aliphatic rings. The number of alkyl halides is 1. The quantitative estimate of drug-likeness (QED) is 0.535. The van der Waals surface area contributed by atoms with Gasteiger partial charge in [0.25, 0.3) is 0 Å². The van der Waals surface area contributed by atoms with Gasteiger partial charge in [0, 0.05) is 11.9 Å². The van der Waals surface area contributed by atoms with E-state index in [0.717, 1.165) is 12.8 Å². The van der Waals surface area contributed by atoms with E-state index in [-0.39, 0.29) is 11.8 Å². The van der Waals surface area contributed by atoms with Crippen molar-refractivity contribution in [2.75, 3.05) is 11.6 Å². The maximum Gasteiger partial charge on any atom is 0.211 e. The molecular weight excluding hydrogens is 234 g/mol. The monoisotopic (exact) mass is 255 g/mol. The molecule has 0 aromatic rings. The fourth-order valence-electron chi connectivity index (χ4n) is 1.37. The molecule has 0 rings (SSSR count). The van der Waals surface area contributed by atoms with Crippen molar-refractivity contribution in [2.45, 2.75) is 46.1 Å². The minimum Gasteiger partial charge on any atom is -0.212 e. The lowest BCUT2D eigenvalue weighted by Crippen LogP contribution is -2.39. The van der Waals surface area contributed by atoms with E-state index in [0.29, 0.717) is 18.2 Å². The second kappa shape index (κ2) is 7.47. The van der Waals surface area contributed by atoms with Crippen molar-refractivity contribution in [2.24, 2.45) is 5.92 Å². The average Bonchev–Trinajstić information content (AvgIpc) is 2.14.